The van der Waals surface area contributed by atoms with Crippen molar-refractivity contribution in [2.45, 2.75) is 13.0 Å². The summed E-state index contributed by atoms with van der Waals surface area (Å²) in [6, 6.07) is 0. The number of rotatable bonds is 1. The Labute approximate surface area is 152 Å². The van der Waals surface area contributed by atoms with E-state index in [0.717, 1.165) is 0 Å². The Morgan fingerprint density at radius 2 is 1.27 bits per heavy atom. The van der Waals surface area contributed by atoms with Gasteiger partial charge in [0.1, 0.15) is 6.10 Å². The van der Waals surface area contributed by atoms with Crippen LogP contribution in [0.25, 0.3) is 0 Å². The summed E-state index contributed by atoms with van der Waals surface area (Å²) < 4.78 is 31.6. The van der Waals surface area contributed by atoms with Gasteiger partial charge in [-0.3, -0.25) is 9.11 Å². The molecule has 0 spiro atoms. The van der Waals surface area contributed by atoms with Gasteiger partial charge in [0.15, 0.2) is 0 Å². The minimum absolute atomic E-state index is 0. The average molecular weight is 308 g/mol. The smallest absolute Gasteiger partial charge is 1.00 e. The van der Waals surface area contributed by atoms with Crippen molar-refractivity contribution in [3.05, 3.63) is 0 Å². The Kier molecular flexibility index (Phi) is 43.4. The molecule has 92 valence electrons. The van der Waals surface area contributed by atoms with Gasteiger partial charge in [0, 0.05) is 0 Å². The molecule has 0 fully saturated rings. The van der Waals surface area contributed by atoms with Gasteiger partial charge in [-0.15, -0.1) is 0 Å². The fourth-order valence-electron chi connectivity index (χ4n) is 0. The van der Waals surface area contributed by atoms with Crippen LogP contribution in [0, 0.1) is 0 Å². The number of carboxylic acids is 1. The Bertz CT molecular complexity index is 218. The van der Waals surface area contributed by atoms with E-state index >= 15 is 0 Å². The van der Waals surface area contributed by atoms with Gasteiger partial charge in [-0.1, -0.05) is 0 Å². The zero-order valence-corrected chi connectivity index (χ0v) is 13.1. The van der Waals surface area contributed by atoms with E-state index in [2.05, 4.69) is 0 Å². The molecule has 1 atom stereocenters. The number of hydrogen-bond donors (Lipinski definition) is 4. The van der Waals surface area contributed by atoms with E-state index in [0.29, 0.717) is 0 Å². The maximum atomic E-state index is 9.45. The predicted molar refractivity (Wildman–Crippen MR) is 56.7 cm³/mol. The van der Waals surface area contributed by atoms with Crippen LogP contribution < -0.4 is 0 Å². The van der Waals surface area contributed by atoms with Crippen LogP contribution in [0.1, 0.15) is 12.6 Å². The standard InChI is InChI=1S/C3H6O3.2Ca.H2O4S.2H2O.4H/c1-2(4)3(5)6;;;1-5(2,3)4;;;;;;/h2,4H,1H3,(H,5,6);;;(H2,1,2,3,4);2*1H2;;;;/q;2*+2;;;;4*-1. The summed E-state index contributed by atoms with van der Waals surface area (Å²) in [7, 11) is -4.67. The molecule has 0 aliphatic rings. The molecule has 0 aromatic heterocycles. The minimum atomic E-state index is -4.67. The number of aliphatic hydroxyl groups excluding tert-OH is 1. The van der Waals surface area contributed by atoms with E-state index < -0.39 is 22.5 Å². The van der Waals surface area contributed by atoms with E-state index in [9.17, 15) is 4.79 Å². The van der Waals surface area contributed by atoms with Crippen LogP contribution in [0.2, 0.25) is 0 Å². The number of hydrogen-bond acceptors (Lipinski definition) is 4. The predicted octanol–water partition coefficient (Wildman–Crippen LogP) is -3.16. The van der Waals surface area contributed by atoms with Gasteiger partial charge < -0.3 is 26.9 Å². The molecule has 9 nitrogen and oxygen atoms in total. The van der Waals surface area contributed by atoms with E-state index in [4.69, 9.17) is 27.7 Å². The first kappa shape index (κ1) is 36.0. The van der Waals surface area contributed by atoms with E-state index in [-0.39, 0.29) is 92.1 Å². The van der Waals surface area contributed by atoms with E-state index in [1.165, 1.54) is 6.92 Å². The molecule has 0 bridgehead atoms. The first-order chi connectivity index (χ1) is 4.64. The third-order valence-electron chi connectivity index (χ3n) is 0.357. The van der Waals surface area contributed by atoms with Gasteiger partial charge in [0.05, 0.1) is 0 Å². The molecule has 0 aliphatic carbocycles. The summed E-state index contributed by atoms with van der Waals surface area (Å²) in [5, 5.41) is 15.8. The van der Waals surface area contributed by atoms with Crippen LogP contribution in [-0.2, 0) is 15.2 Å². The van der Waals surface area contributed by atoms with Gasteiger partial charge >= 0.3 is 91.8 Å². The molecule has 0 aliphatic heterocycles. The molecular weight excluding hydrogens is 292 g/mol. The van der Waals surface area contributed by atoms with E-state index in [1.54, 1.807) is 0 Å². The van der Waals surface area contributed by atoms with Crippen molar-refractivity contribution >= 4 is 91.8 Å². The molecule has 0 saturated carbocycles. The fourth-order valence-corrected chi connectivity index (χ4v) is 0. The Hall–Kier alpha value is 1.74. The molecule has 0 aromatic carbocycles. The number of aliphatic hydroxyl groups is 1. The first-order valence-electron chi connectivity index (χ1n) is 2.25. The van der Waals surface area contributed by atoms with Crippen molar-refractivity contribution in [3.8, 4) is 0 Å². The molecule has 8 N–H and O–H groups in total. The molecule has 0 heterocycles. The molecule has 0 rings (SSSR count). The third-order valence-corrected chi connectivity index (χ3v) is 0.357. The van der Waals surface area contributed by atoms with Crippen molar-refractivity contribution < 1.29 is 49.2 Å². The van der Waals surface area contributed by atoms with Gasteiger partial charge in [-0.25, -0.2) is 4.79 Å². The summed E-state index contributed by atoms with van der Waals surface area (Å²) in [6.07, 6.45) is -1.23. The minimum Gasteiger partial charge on any atom is -1.00 e. The van der Waals surface area contributed by atoms with Crippen LogP contribution in [0.4, 0.5) is 0 Å². The van der Waals surface area contributed by atoms with Crippen LogP contribution in [-0.4, -0.2) is 126 Å². The van der Waals surface area contributed by atoms with Crippen molar-refractivity contribution in [1.82, 2.24) is 0 Å². The molecule has 0 saturated heterocycles. The van der Waals surface area contributed by atoms with Crippen molar-refractivity contribution in [3.63, 3.8) is 0 Å². The summed E-state index contributed by atoms with van der Waals surface area (Å²) in [4.78, 5) is 9.45. The topological polar surface area (TPSA) is 195 Å². The van der Waals surface area contributed by atoms with Crippen LogP contribution in [0.3, 0.4) is 0 Å². The maximum Gasteiger partial charge on any atom is 2.00 e. The Balaban J connectivity index is -0.00000000754. The van der Waals surface area contributed by atoms with Gasteiger partial charge in [0.2, 0.25) is 0 Å². The first-order valence-corrected chi connectivity index (χ1v) is 3.65. The average Bonchev–Trinajstić information content (AvgIpc) is 1.59. The zero-order chi connectivity index (χ0) is 9.65. The summed E-state index contributed by atoms with van der Waals surface area (Å²) in [5.41, 5.74) is 0. The maximum absolute atomic E-state index is 9.45. The van der Waals surface area contributed by atoms with Crippen LogP contribution in [0.15, 0.2) is 0 Å². The second kappa shape index (κ2) is 18.1. The fraction of sp³-hybridized carbons (Fsp3) is 0.667. The molecule has 12 heteroatoms. The summed E-state index contributed by atoms with van der Waals surface area (Å²) in [5.74, 6) is -1.19. The van der Waals surface area contributed by atoms with Crippen molar-refractivity contribution in [2.24, 2.45) is 0 Å². The second-order valence-electron chi connectivity index (χ2n) is 1.46. The SMILES string of the molecule is CC(O)C(=O)O.O.O.O=S(=O)(O)O.[Ca+2].[Ca+2].[H-].[H-].[H-].[H-]. The van der Waals surface area contributed by atoms with Crippen molar-refractivity contribution in [2.75, 3.05) is 0 Å². The van der Waals surface area contributed by atoms with Gasteiger partial charge in [0.25, 0.3) is 0 Å². The number of aliphatic carboxylic acids is 1. The largest absolute Gasteiger partial charge is 2.00 e. The monoisotopic (exact) mass is 308 g/mol. The third kappa shape index (κ3) is 90.2. The number of carboxylic acid groups (broad SMARTS) is 1. The van der Waals surface area contributed by atoms with E-state index in [1.807, 2.05) is 0 Å². The molecule has 0 aromatic rings. The molecule has 0 amide bonds. The molecule has 0 radical (unpaired) electrons. The normalized spacial score (nSPS) is 9.33. The Morgan fingerprint density at radius 1 is 1.20 bits per heavy atom. The summed E-state index contributed by atoms with van der Waals surface area (Å²) in [6.45, 7) is 1.20. The van der Waals surface area contributed by atoms with Crippen molar-refractivity contribution in [1.29, 1.82) is 0 Å². The molecule has 1 unspecified atom stereocenters. The van der Waals surface area contributed by atoms with Gasteiger partial charge in [-0.2, -0.15) is 8.42 Å². The quantitative estimate of drug-likeness (QED) is 0.289. The second-order valence-corrected chi connectivity index (χ2v) is 2.36. The van der Waals surface area contributed by atoms with Crippen LogP contribution >= 0.6 is 0 Å². The molecule has 15 heavy (non-hydrogen) atoms. The molecular formula is C3H16Ca2O9S. The Morgan fingerprint density at radius 3 is 1.27 bits per heavy atom. The zero-order valence-electron chi connectivity index (χ0n) is 11.9. The van der Waals surface area contributed by atoms with Gasteiger partial charge in [-0.05, 0) is 6.92 Å². The summed E-state index contributed by atoms with van der Waals surface area (Å²) >= 11 is 0. The number of carbonyl (C=O) groups is 1. The van der Waals surface area contributed by atoms with Crippen LogP contribution in [0.5, 0.6) is 0 Å².